The highest BCUT2D eigenvalue weighted by molar-refractivity contribution is 4.84. The van der Waals surface area contributed by atoms with Gasteiger partial charge in [0.1, 0.15) is 0 Å². The molecule has 1 saturated heterocycles. The van der Waals surface area contributed by atoms with Crippen molar-refractivity contribution in [2.24, 2.45) is 0 Å². The first-order valence-electron chi connectivity index (χ1n) is 7.11. The van der Waals surface area contributed by atoms with Gasteiger partial charge in [-0.25, -0.2) is 4.98 Å². The molecular formula is C14H26N4. The third-order valence-electron chi connectivity index (χ3n) is 3.68. The van der Waals surface area contributed by atoms with Crippen LogP contribution in [-0.2, 0) is 6.54 Å². The predicted octanol–water partition coefficient (Wildman–Crippen LogP) is 1.73. The summed E-state index contributed by atoms with van der Waals surface area (Å²) in [6.45, 7) is 10.2. The first kappa shape index (κ1) is 13.6. The van der Waals surface area contributed by atoms with Gasteiger partial charge in [-0.2, -0.15) is 0 Å². The van der Waals surface area contributed by atoms with E-state index in [4.69, 9.17) is 0 Å². The zero-order valence-electron chi connectivity index (χ0n) is 11.8. The van der Waals surface area contributed by atoms with Crippen LogP contribution in [0.3, 0.4) is 0 Å². The Bertz CT molecular complexity index is 334. The summed E-state index contributed by atoms with van der Waals surface area (Å²) in [4.78, 5) is 6.71. The Labute approximate surface area is 110 Å². The summed E-state index contributed by atoms with van der Waals surface area (Å²) >= 11 is 0. The molecule has 1 aromatic rings. The van der Waals surface area contributed by atoms with Crippen molar-refractivity contribution < 1.29 is 0 Å². The van der Waals surface area contributed by atoms with Gasteiger partial charge in [0.2, 0.25) is 0 Å². The largest absolute Gasteiger partial charge is 0.336 e. The Hall–Kier alpha value is -0.870. The van der Waals surface area contributed by atoms with Gasteiger partial charge in [-0.05, 0) is 26.3 Å². The van der Waals surface area contributed by atoms with Crippen LogP contribution < -0.4 is 5.32 Å². The van der Waals surface area contributed by atoms with Crippen LogP contribution in [0.2, 0.25) is 0 Å². The molecular weight excluding hydrogens is 224 g/mol. The molecule has 0 amide bonds. The fourth-order valence-electron chi connectivity index (χ4n) is 2.83. The van der Waals surface area contributed by atoms with Crippen LogP contribution in [0.15, 0.2) is 18.7 Å². The number of imidazole rings is 1. The SMILES string of the molecule is CC(C)NC1CCCN(C(C)Cn2ccnc2)C1. The van der Waals surface area contributed by atoms with Crippen LogP contribution in [0.4, 0.5) is 0 Å². The molecule has 0 spiro atoms. The molecule has 2 heterocycles. The third-order valence-corrected chi connectivity index (χ3v) is 3.68. The molecule has 1 aliphatic rings. The van der Waals surface area contributed by atoms with Crippen LogP contribution in [0, 0.1) is 0 Å². The van der Waals surface area contributed by atoms with E-state index in [-0.39, 0.29) is 0 Å². The van der Waals surface area contributed by atoms with Gasteiger partial charge in [0, 0.05) is 43.6 Å². The number of hydrogen-bond acceptors (Lipinski definition) is 3. The lowest BCUT2D eigenvalue weighted by Crippen LogP contribution is -2.51. The highest BCUT2D eigenvalue weighted by atomic mass is 15.2. The Morgan fingerprint density at radius 2 is 2.22 bits per heavy atom. The molecule has 0 aliphatic carbocycles. The number of likely N-dealkylation sites (tertiary alicyclic amines) is 1. The first-order valence-corrected chi connectivity index (χ1v) is 7.11. The van der Waals surface area contributed by atoms with Crippen LogP contribution in [0.5, 0.6) is 0 Å². The number of nitrogens with zero attached hydrogens (tertiary/aromatic N) is 3. The number of piperidine rings is 1. The van der Waals surface area contributed by atoms with E-state index in [0.717, 1.165) is 6.54 Å². The molecule has 1 fully saturated rings. The van der Waals surface area contributed by atoms with Crippen molar-refractivity contribution in [2.75, 3.05) is 13.1 Å². The number of nitrogens with one attached hydrogen (secondary N) is 1. The highest BCUT2D eigenvalue weighted by Crippen LogP contribution is 2.14. The summed E-state index contributed by atoms with van der Waals surface area (Å²) in [5.74, 6) is 0. The molecule has 4 nitrogen and oxygen atoms in total. The van der Waals surface area contributed by atoms with E-state index in [1.807, 2.05) is 18.7 Å². The lowest BCUT2D eigenvalue weighted by Gasteiger charge is -2.38. The Balaban J connectivity index is 1.84. The summed E-state index contributed by atoms with van der Waals surface area (Å²) in [7, 11) is 0. The van der Waals surface area contributed by atoms with Crippen molar-refractivity contribution in [1.82, 2.24) is 19.8 Å². The van der Waals surface area contributed by atoms with Crippen LogP contribution in [0.25, 0.3) is 0 Å². The molecule has 0 aromatic carbocycles. The number of rotatable bonds is 5. The summed E-state index contributed by atoms with van der Waals surface area (Å²) in [6, 6.07) is 1.82. The topological polar surface area (TPSA) is 33.1 Å². The maximum atomic E-state index is 4.11. The van der Waals surface area contributed by atoms with Crippen molar-refractivity contribution in [3.8, 4) is 0 Å². The Kier molecular flexibility index (Phi) is 4.78. The average molecular weight is 250 g/mol. The summed E-state index contributed by atoms with van der Waals surface area (Å²) < 4.78 is 2.17. The molecule has 1 N–H and O–H groups in total. The molecule has 2 rings (SSSR count). The van der Waals surface area contributed by atoms with Crippen molar-refractivity contribution in [1.29, 1.82) is 0 Å². The van der Waals surface area contributed by atoms with Crippen molar-refractivity contribution in [3.63, 3.8) is 0 Å². The van der Waals surface area contributed by atoms with E-state index in [0.29, 0.717) is 18.1 Å². The van der Waals surface area contributed by atoms with E-state index in [2.05, 4.69) is 40.5 Å². The molecule has 102 valence electrons. The van der Waals surface area contributed by atoms with Crippen molar-refractivity contribution >= 4 is 0 Å². The zero-order valence-corrected chi connectivity index (χ0v) is 11.8. The van der Waals surface area contributed by atoms with Crippen molar-refractivity contribution in [3.05, 3.63) is 18.7 Å². The monoisotopic (exact) mass is 250 g/mol. The Morgan fingerprint density at radius 3 is 2.89 bits per heavy atom. The molecule has 0 bridgehead atoms. The fourth-order valence-corrected chi connectivity index (χ4v) is 2.83. The molecule has 1 aromatic heterocycles. The number of aromatic nitrogens is 2. The Morgan fingerprint density at radius 1 is 1.39 bits per heavy atom. The zero-order chi connectivity index (χ0) is 13.0. The minimum Gasteiger partial charge on any atom is -0.336 e. The van der Waals surface area contributed by atoms with Gasteiger partial charge in [-0.3, -0.25) is 4.90 Å². The second-order valence-corrected chi connectivity index (χ2v) is 5.76. The average Bonchev–Trinajstić information content (AvgIpc) is 2.81. The second kappa shape index (κ2) is 6.34. The van der Waals surface area contributed by atoms with Crippen LogP contribution >= 0.6 is 0 Å². The highest BCUT2D eigenvalue weighted by Gasteiger charge is 2.23. The van der Waals surface area contributed by atoms with E-state index >= 15 is 0 Å². The summed E-state index contributed by atoms with van der Waals surface area (Å²) in [5, 5.41) is 3.66. The van der Waals surface area contributed by atoms with Gasteiger partial charge in [-0.1, -0.05) is 13.8 Å². The van der Waals surface area contributed by atoms with Gasteiger partial charge >= 0.3 is 0 Å². The number of hydrogen-bond donors (Lipinski definition) is 1. The lowest BCUT2D eigenvalue weighted by molar-refractivity contribution is 0.131. The van der Waals surface area contributed by atoms with E-state index in [9.17, 15) is 0 Å². The maximum absolute atomic E-state index is 4.11. The van der Waals surface area contributed by atoms with E-state index in [1.165, 1.54) is 25.9 Å². The maximum Gasteiger partial charge on any atom is 0.0946 e. The lowest BCUT2D eigenvalue weighted by atomic mass is 10.0. The van der Waals surface area contributed by atoms with Gasteiger partial charge in [0.15, 0.2) is 0 Å². The summed E-state index contributed by atoms with van der Waals surface area (Å²) in [6.07, 6.45) is 8.42. The van der Waals surface area contributed by atoms with E-state index < -0.39 is 0 Å². The molecule has 0 saturated carbocycles. The van der Waals surface area contributed by atoms with Gasteiger partial charge in [0.05, 0.1) is 6.33 Å². The molecule has 2 unspecified atom stereocenters. The van der Waals surface area contributed by atoms with Crippen LogP contribution in [0.1, 0.15) is 33.6 Å². The minimum atomic E-state index is 0.580. The normalized spacial score (nSPS) is 23.4. The molecule has 0 radical (unpaired) electrons. The van der Waals surface area contributed by atoms with Gasteiger partial charge in [0.25, 0.3) is 0 Å². The molecule has 1 aliphatic heterocycles. The van der Waals surface area contributed by atoms with Crippen molar-refractivity contribution in [2.45, 2.75) is 58.3 Å². The standard InChI is InChI=1S/C14H26N4/c1-12(2)16-14-5-4-7-18(10-14)13(3)9-17-8-6-15-11-17/h6,8,11-14,16H,4-5,7,9-10H2,1-3H3. The first-order chi connectivity index (χ1) is 8.65. The van der Waals surface area contributed by atoms with E-state index in [1.54, 1.807) is 0 Å². The molecule has 2 atom stereocenters. The van der Waals surface area contributed by atoms with Crippen LogP contribution in [-0.4, -0.2) is 45.7 Å². The summed E-state index contributed by atoms with van der Waals surface area (Å²) in [5.41, 5.74) is 0. The molecule has 18 heavy (non-hydrogen) atoms. The van der Waals surface area contributed by atoms with Gasteiger partial charge < -0.3 is 9.88 Å². The second-order valence-electron chi connectivity index (χ2n) is 5.76. The third kappa shape index (κ3) is 3.82. The quantitative estimate of drug-likeness (QED) is 0.864. The molecule has 4 heteroatoms. The van der Waals surface area contributed by atoms with Gasteiger partial charge in [-0.15, -0.1) is 0 Å². The smallest absolute Gasteiger partial charge is 0.0946 e. The fraction of sp³-hybridized carbons (Fsp3) is 0.786. The minimum absolute atomic E-state index is 0.580. The predicted molar refractivity (Wildman–Crippen MR) is 74.6 cm³/mol.